The minimum absolute atomic E-state index is 0.00431. The van der Waals surface area contributed by atoms with E-state index in [1.165, 1.54) is 0 Å². The second-order valence-electron chi connectivity index (χ2n) is 7.30. The number of carbonyl (C=O) groups is 2. The Bertz CT molecular complexity index is 653. The van der Waals surface area contributed by atoms with Crippen LogP contribution in [0.15, 0.2) is 24.3 Å². The lowest BCUT2D eigenvalue weighted by atomic mass is 10.1. The van der Waals surface area contributed by atoms with Gasteiger partial charge in [-0.2, -0.15) is 0 Å². The van der Waals surface area contributed by atoms with E-state index in [-0.39, 0.29) is 30.3 Å². The molecule has 1 unspecified atom stereocenters. The molecule has 0 N–H and O–H groups in total. The molecular formula is C20H29N3O3. The lowest BCUT2D eigenvalue weighted by molar-refractivity contribution is -0.137. The lowest BCUT2D eigenvalue weighted by Crippen LogP contribution is -2.50. The van der Waals surface area contributed by atoms with E-state index >= 15 is 0 Å². The van der Waals surface area contributed by atoms with E-state index in [0.717, 1.165) is 38.4 Å². The van der Waals surface area contributed by atoms with E-state index in [1.807, 2.05) is 43.0 Å². The van der Waals surface area contributed by atoms with Crippen LogP contribution in [0, 0.1) is 5.92 Å². The van der Waals surface area contributed by atoms with Crippen molar-refractivity contribution >= 4 is 17.5 Å². The average molecular weight is 359 g/mol. The van der Waals surface area contributed by atoms with Gasteiger partial charge in [0.25, 0.3) is 0 Å². The SMILES string of the molecule is CCN1CCN(C(=O)C2CC(=O)N(c3ccccc3OC(C)C)C2)CC1. The van der Waals surface area contributed by atoms with Crippen molar-refractivity contribution in [3.63, 3.8) is 0 Å². The van der Waals surface area contributed by atoms with Gasteiger partial charge in [-0.15, -0.1) is 0 Å². The van der Waals surface area contributed by atoms with Crippen LogP contribution in [-0.4, -0.2) is 67.0 Å². The van der Waals surface area contributed by atoms with Crippen LogP contribution in [0.25, 0.3) is 0 Å². The van der Waals surface area contributed by atoms with Crippen LogP contribution < -0.4 is 9.64 Å². The Hall–Kier alpha value is -2.08. The third-order valence-electron chi connectivity index (χ3n) is 5.12. The molecule has 0 spiro atoms. The number of benzene rings is 1. The monoisotopic (exact) mass is 359 g/mol. The Labute approximate surface area is 155 Å². The molecule has 1 aromatic rings. The zero-order chi connectivity index (χ0) is 18.7. The van der Waals surface area contributed by atoms with Crippen LogP contribution in [0.3, 0.4) is 0 Å². The molecular weight excluding hydrogens is 330 g/mol. The highest BCUT2D eigenvalue weighted by atomic mass is 16.5. The Morgan fingerprint density at radius 1 is 1.19 bits per heavy atom. The van der Waals surface area contributed by atoms with Gasteiger partial charge in [0, 0.05) is 39.1 Å². The number of ether oxygens (including phenoxy) is 1. The summed E-state index contributed by atoms with van der Waals surface area (Å²) in [6.07, 6.45) is 0.309. The largest absolute Gasteiger partial charge is 0.489 e. The Morgan fingerprint density at radius 2 is 1.88 bits per heavy atom. The van der Waals surface area contributed by atoms with Crippen LogP contribution in [0.5, 0.6) is 5.75 Å². The molecule has 0 aromatic heterocycles. The smallest absolute Gasteiger partial charge is 0.228 e. The topological polar surface area (TPSA) is 53.1 Å². The van der Waals surface area contributed by atoms with Crippen molar-refractivity contribution in [2.45, 2.75) is 33.3 Å². The second-order valence-corrected chi connectivity index (χ2v) is 7.30. The van der Waals surface area contributed by atoms with Crippen molar-refractivity contribution in [2.75, 3.05) is 44.2 Å². The number of likely N-dealkylation sites (N-methyl/N-ethyl adjacent to an activating group) is 1. The van der Waals surface area contributed by atoms with Crippen LogP contribution in [0.1, 0.15) is 27.2 Å². The van der Waals surface area contributed by atoms with Gasteiger partial charge in [0.05, 0.1) is 17.7 Å². The number of anilines is 1. The molecule has 3 rings (SSSR count). The van der Waals surface area contributed by atoms with Gasteiger partial charge >= 0.3 is 0 Å². The number of piperazine rings is 1. The number of hydrogen-bond acceptors (Lipinski definition) is 4. The van der Waals surface area contributed by atoms with E-state index in [4.69, 9.17) is 4.74 Å². The summed E-state index contributed by atoms with van der Waals surface area (Å²) in [6, 6.07) is 7.57. The minimum atomic E-state index is -0.261. The third-order valence-corrected chi connectivity index (χ3v) is 5.12. The molecule has 6 heteroatoms. The molecule has 2 fully saturated rings. The van der Waals surface area contributed by atoms with Gasteiger partial charge in [-0.3, -0.25) is 9.59 Å². The molecule has 142 valence electrons. The van der Waals surface area contributed by atoms with Crippen molar-refractivity contribution in [1.82, 2.24) is 9.80 Å². The molecule has 2 amide bonds. The standard InChI is InChI=1S/C20H29N3O3/c1-4-21-9-11-22(12-10-21)20(25)16-13-19(24)23(14-16)17-7-5-6-8-18(17)26-15(2)3/h5-8,15-16H,4,9-14H2,1-3H3. The summed E-state index contributed by atoms with van der Waals surface area (Å²) in [6.45, 7) is 10.9. The first-order valence-electron chi connectivity index (χ1n) is 9.56. The Balaban J connectivity index is 1.68. The molecule has 2 aliphatic rings. The van der Waals surface area contributed by atoms with E-state index < -0.39 is 0 Å². The van der Waals surface area contributed by atoms with Crippen LogP contribution in [-0.2, 0) is 9.59 Å². The Kier molecular flexibility index (Phi) is 5.81. The summed E-state index contributed by atoms with van der Waals surface area (Å²) in [5.74, 6) is 0.539. The third kappa shape index (κ3) is 4.01. The molecule has 1 aromatic carbocycles. The quantitative estimate of drug-likeness (QED) is 0.807. The van der Waals surface area contributed by atoms with Crippen molar-refractivity contribution < 1.29 is 14.3 Å². The zero-order valence-corrected chi connectivity index (χ0v) is 16.0. The molecule has 26 heavy (non-hydrogen) atoms. The van der Waals surface area contributed by atoms with Gasteiger partial charge in [0.15, 0.2) is 0 Å². The minimum Gasteiger partial charge on any atom is -0.489 e. The molecule has 0 saturated carbocycles. The fraction of sp³-hybridized carbons (Fsp3) is 0.600. The molecule has 6 nitrogen and oxygen atoms in total. The van der Waals surface area contributed by atoms with E-state index in [1.54, 1.807) is 4.90 Å². The van der Waals surface area contributed by atoms with E-state index in [0.29, 0.717) is 12.3 Å². The summed E-state index contributed by atoms with van der Waals surface area (Å²) >= 11 is 0. The predicted molar refractivity (Wildman–Crippen MR) is 101 cm³/mol. The molecule has 2 heterocycles. The van der Waals surface area contributed by atoms with Gasteiger partial charge in [-0.05, 0) is 32.5 Å². The molecule has 0 bridgehead atoms. The molecule has 2 saturated heterocycles. The number of para-hydroxylation sites is 2. The summed E-state index contributed by atoms with van der Waals surface area (Å²) in [7, 11) is 0. The van der Waals surface area contributed by atoms with Gasteiger partial charge in [-0.1, -0.05) is 19.1 Å². The van der Waals surface area contributed by atoms with Crippen molar-refractivity contribution in [2.24, 2.45) is 5.92 Å². The van der Waals surface area contributed by atoms with E-state index in [9.17, 15) is 9.59 Å². The fourth-order valence-electron chi connectivity index (χ4n) is 3.68. The molecule has 1 atom stereocenters. The van der Waals surface area contributed by atoms with Crippen LogP contribution in [0.2, 0.25) is 0 Å². The first-order chi connectivity index (χ1) is 12.5. The van der Waals surface area contributed by atoms with Gasteiger partial charge in [0.2, 0.25) is 11.8 Å². The average Bonchev–Trinajstić information content (AvgIpc) is 3.03. The predicted octanol–water partition coefficient (Wildman–Crippen LogP) is 1.99. The van der Waals surface area contributed by atoms with Gasteiger partial charge in [0.1, 0.15) is 5.75 Å². The van der Waals surface area contributed by atoms with Crippen molar-refractivity contribution in [1.29, 1.82) is 0 Å². The number of hydrogen-bond donors (Lipinski definition) is 0. The maximum Gasteiger partial charge on any atom is 0.228 e. The van der Waals surface area contributed by atoms with E-state index in [2.05, 4.69) is 11.8 Å². The normalized spacial score (nSPS) is 21.5. The number of carbonyl (C=O) groups excluding carboxylic acids is 2. The highest BCUT2D eigenvalue weighted by Gasteiger charge is 2.38. The van der Waals surface area contributed by atoms with Crippen LogP contribution >= 0.6 is 0 Å². The number of amides is 2. The van der Waals surface area contributed by atoms with Gasteiger partial charge < -0.3 is 19.4 Å². The first kappa shape index (κ1) is 18.7. The summed E-state index contributed by atoms with van der Waals surface area (Å²) in [5, 5.41) is 0. The van der Waals surface area contributed by atoms with Crippen molar-refractivity contribution in [3.05, 3.63) is 24.3 Å². The van der Waals surface area contributed by atoms with Crippen molar-refractivity contribution in [3.8, 4) is 5.75 Å². The summed E-state index contributed by atoms with van der Waals surface area (Å²) in [4.78, 5) is 31.5. The maximum atomic E-state index is 12.9. The molecule has 0 radical (unpaired) electrons. The first-order valence-corrected chi connectivity index (χ1v) is 9.56. The summed E-state index contributed by atoms with van der Waals surface area (Å²) < 4.78 is 5.85. The highest BCUT2D eigenvalue weighted by molar-refractivity contribution is 6.01. The highest BCUT2D eigenvalue weighted by Crippen LogP contribution is 2.34. The lowest BCUT2D eigenvalue weighted by Gasteiger charge is -2.35. The molecule has 2 aliphatic heterocycles. The fourth-order valence-corrected chi connectivity index (χ4v) is 3.68. The number of rotatable bonds is 5. The van der Waals surface area contributed by atoms with Gasteiger partial charge in [-0.25, -0.2) is 0 Å². The molecule has 0 aliphatic carbocycles. The number of nitrogens with zero attached hydrogens (tertiary/aromatic N) is 3. The second kappa shape index (κ2) is 8.08. The summed E-state index contributed by atoms with van der Waals surface area (Å²) in [5.41, 5.74) is 0.761. The Morgan fingerprint density at radius 3 is 2.54 bits per heavy atom. The maximum absolute atomic E-state index is 12.9. The van der Waals surface area contributed by atoms with Crippen LogP contribution in [0.4, 0.5) is 5.69 Å². The zero-order valence-electron chi connectivity index (χ0n) is 16.0.